The number of nitrogens with zero attached hydrogens (tertiary/aromatic N) is 1. The third kappa shape index (κ3) is 4.98. The molecule has 0 saturated heterocycles. The molecule has 0 amide bonds. The van der Waals surface area contributed by atoms with Gasteiger partial charge in [0.05, 0.1) is 32.0 Å². The van der Waals surface area contributed by atoms with Gasteiger partial charge in [0.25, 0.3) is 5.56 Å². The highest BCUT2D eigenvalue weighted by molar-refractivity contribution is 5.20. The molecule has 3 unspecified atom stereocenters. The lowest BCUT2D eigenvalue weighted by atomic mass is 10.0. The van der Waals surface area contributed by atoms with Crippen molar-refractivity contribution in [3.8, 4) is 0 Å². The van der Waals surface area contributed by atoms with Gasteiger partial charge in [-0.25, -0.2) is 4.79 Å². The first-order chi connectivity index (χ1) is 15.5. The number of hydrogen-bond acceptors (Lipinski definition) is 4. The van der Waals surface area contributed by atoms with Crippen LogP contribution in [0.2, 0.25) is 0 Å². The Kier molecular flexibility index (Phi) is 6.83. The molecular weight excluding hydrogens is 404 g/mol. The molecule has 32 heavy (non-hydrogen) atoms. The van der Waals surface area contributed by atoms with Gasteiger partial charge in [0.2, 0.25) is 0 Å². The smallest absolute Gasteiger partial charge is 0.328 e. The Hall–Kier alpha value is -3.22. The molecule has 1 heterocycles. The predicted octanol–water partition coefficient (Wildman–Crippen LogP) is 3.76. The first-order valence-corrected chi connectivity index (χ1v) is 10.8. The van der Waals surface area contributed by atoms with E-state index in [1.807, 2.05) is 60.7 Å². The molecule has 166 valence electrons. The zero-order valence-electron chi connectivity index (χ0n) is 18.2. The van der Waals surface area contributed by atoms with Crippen LogP contribution in [0.15, 0.2) is 88.6 Å². The third-order valence-corrected chi connectivity index (χ3v) is 6.01. The molecule has 1 aliphatic rings. The molecule has 1 aromatic heterocycles. The fourth-order valence-corrected chi connectivity index (χ4v) is 4.19. The van der Waals surface area contributed by atoms with Gasteiger partial charge in [-0.1, -0.05) is 67.2 Å². The Bertz CT molecular complexity index is 1170. The van der Waals surface area contributed by atoms with Crippen LogP contribution in [0, 0.1) is 12.8 Å². The van der Waals surface area contributed by atoms with Crippen LogP contribution < -0.4 is 11.2 Å². The zero-order valence-corrected chi connectivity index (χ0v) is 18.2. The summed E-state index contributed by atoms with van der Waals surface area (Å²) in [6.45, 7) is 7.41. The number of ether oxygens (including phenoxy) is 2. The van der Waals surface area contributed by atoms with Crippen LogP contribution in [0.25, 0.3) is 0 Å². The molecule has 3 atom stereocenters. The Morgan fingerprint density at radius 3 is 2.28 bits per heavy atom. The quantitative estimate of drug-likeness (QED) is 0.550. The molecule has 1 fully saturated rings. The molecule has 1 aliphatic carbocycles. The van der Waals surface area contributed by atoms with E-state index in [-0.39, 0.29) is 23.6 Å². The SMILES string of the molecule is C=C1C(COCc2ccccc2)C(OCc2ccccc2)CC1n1cc(C)c(=O)[nH]c1=O. The largest absolute Gasteiger partial charge is 0.376 e. The van der Waals surface area contributed by atoms with Gasteiger partial charge in [-0.3, -0.25) is 14.3 Å². The minimum Gasteiger partial charge on any atom is -0.376 e. The summed E-state index contributed by atoms with van der Waals surface area (Å²) < 4.78 is 13.9. The Morgan fingerprint density at radius 2 is 1.62 bits per heavy atom. The molecule has 6 nitrogen and oxygen atoms in total. The number of hydrogen-bond donors (Lipinski definition) is 1. The van der Waals surface area contributed by atoms with E-state index in [4.69, 9.17) is 9.47 Å². The average molecular weight is 433 g/mol. The number of aryl methyl sites for hydroxylation is 1. The van der Waals surface area contributed by atoms with Crippen LogP contribution in [0.3, 0.4) is 0 Å². The van der Waals surface area contributed by atoms with Gasteiger partial charge >= 0.3 is 5.69 Å². The van der Waals surface area contributed by atoms with Crippen LogP contribution in [-0.2, 0) is 22.7 Å². The number of benzene rings is 2. The van der Waals surface area contributed by atoms with Gasteiger partial charge in [0.1, 0.15) is 0 Å². The minimum atomic E-state index is -0.431. The number of nitrogens with one attached hydrogen (secondary N) is 1. The van der Waals surface area contributed by atoms with E-state index in [0.717, 1.165) is 16.7 Å². The van der Waals surface area contributed by atoms with E-state index in [0.29, 0.717) is 31.8 Å². The summed E-state index contributed by atoms with van der Waals surface area (Å²) in [7, 11) is 0. The van der Waals surface area contributed by atoms with Crippen LogP contribution >= 0.6 is 0 Å². The fraction of sp³-hybridized carbons (Fsp3) is 0.308. The van der Waals surface area contributed by atoms with E-state index in [1.54, 1.807) is 17.7 Å². The molecule has 1 N–H and O–H groups in total. The Morgan fingerprint density at radius 1 is 1.00 bits per heavy atom. The molecule has 0 radical (unpaired) electrons. The summed E-state index contributed by atoms with van der Waals surface area (Å²) in [5.41, 5.74) is 2.76. The van der Waals surface area contributed by atoms with E-state index in [2.05, 4.69) is 11.6 Å². The van der Waals surface area contributed by atoms with Crippen LogP contribution in [-0.4, -0.2) is 22.3 Å². The number of H-pyrrole nitrogens is 1. The van der Waals surface area contributed by atoms with Crippen molar-refractivity contribution in [2.24, 2.45) is 5.92 Å². The van der Waals surface area contributed by atoms with Gasteiger partial charge in [-0.2, -0.15) is 0 Å². The molecule has 2 aromatic carbocycles. The molecule has 0 spiro atoms. The highest BCUT2D eigenvalue weighted by Crippen LogP contribution is 2.40. The third-order valence-electron chi connectivity index (χ3n) is 6.01. The molecule has 4 rings (SSSR count). The fourth-order valence-electron chi connectivity index (χ4n) is 4.19. The van der Waals surface area contributed by atoms with Crippen LogP contribution in [0.1, 0.15) is 29.2 Å². The summed E-state index contributed by atoms with van der Waals surface area (Å²) in [4.78, 5) is 26.7. The second-order valence-corrected chi connectivity index (χ2v) is 8.25. The molecule has 3 aromatic rings. The van der Waals surface area contributed by atoms with Crippen molar-refractivity contribution in [3.05, 3.63) is 117 Å². The van der Waals surface area contributed by atoms with Crippen molar-refractivity contribution >= 4 is 0 Å². The topological polar surface area (TPSA) is 73.3 Å². The molecule has 1 saturated carbocycles. The lowest BCUT2D eigenvalue weighted by molar-refractivity contribution is -0.0122. The number of aromatic nitrogens is 2. The number of rotatable bonds is 8. The van der Waals surface area contributed by atoms with Crippen molar-refractivity contribution in [2.75, 3.05) is 6.61 Å². The normalized spacial score (nSPS) is 20.5. The average Bonchev–Trinajstić information content (AvgIpc) is 3.11. The highest BCUT2D eigenvalue weighted by Gasteiger charge is 2.40. The Labute approximate surface area is 187 Å². The second-order valence-electron chi connectivity index (χ2n) is 8.25. The summed E-state index contributed by atoms with van der Waals surface area (Å²) in [6.07, 6.45) is 2.05. The van der Waals surface area contributed by atoms with E-state index < -0.39 is 5.69 Å². The van der Waals surface area contributed by atoms with Crippen molar-refractivity contribution in [3.63, 3.8) is 0 Å². The first-order valence-electron chi connectivity index (χ1n) is 10.8. The summed E-state index contributed by atoms with van der Waals surface area (Å²) in [6, 6.07) is 19.7. The van der Waals surface area contributed by atoms with E-state index in [1.165, 1.54) is 0 Å². The monoisotopic (exact) mass is 432 g/mol. The number of aromatic amines is 1. The summed E-state index contributed by atoms with van der Waals surface area (Å²) in [5.74, 6) is -0.0634. The van der Waals surface area contributed by atoms with Gasteiger partial charge in [-0.05, 0) is 30.0 Å². The van der Waals surface area contributed by atoms with Crippen molar-refractivity contribution in [1.29, 1.82) is 0 Å². The molecular formula is C26H28N2O4. The standard InChI is InChI=1S/C26H28N2O4/c1-18-14-28(26(30)27-25(18)29)23-13-24(32-16-21-11-7-4-8-12-21)22(19(23)2)17-31-15-20-9-5-3-6-10-20/h3-12,14,22-24H,2,13,15-17H2,1H3,(H,27,29,30). The predicted molar refractivity (Wildman–Crippen MR) is 123 cm³/mol. The lowest BCUT2D eigenvalue weighted by Crippen LogP contribution is -2.33. The minimum absolute atomic E-state index is 0.0634. The van der Waals surface area contributed by atoms with Gasteiger partial charge in [0.15, 0.2) is 0 Å². The van der Waals surface area contributed by atoms with Crippen LogP contribution in [0.5, 0.6) is 0 Å². The van der Waals surface area contributed by atoms with E-state index >= 15 is 0 Å². The highest BCUT2D eigenvalue weighted by atomic mass is 16.5. The maximum atomic E-state index is 12.5. The molecule has 0 bridgehead atoms. The van der Waals surface area contributed by atoms with Crippen LogP contribution in [0.4, 0.5) is 0 Å². The van der Waals surface area contributed by atoms with Crippen molar-refractivity contribution < 1.29 is 9.47 Å². The van der Waals surface area contributed by atoms with E-state index in [9.17, 15) is 9.59 Å². The van der Waals surface area contributed by atoms with Gasteiger partial charge in [0, 0.05) is 17.7 Å². The van der Waals surface area contributed by atoms with Crippen molar-refractivity contribution in [2.45, 2.75) is 38.7 Å². The van der Waals surface area contributed by atoms with Crippen molar-refractivity contribution in [1.82, 2.24) is 9.55 Å². The molecule has 6 heteroatoms. The summed E-state index contributed by atoms with van der Waals surface area (Å²) in [5, 5.41) is 0. The lowest BCUT2D eigenvalue weighted by Gasteiger charge is -2.21. The molecule has 0 aliphatic heterocycles. The van der Waals surface area contributed by atoms with Gasteiger partial charge in [-0.15, -0.1) is 0 Å². The first kappa shape index (κ1) is 22.0. The Balaban J connectivity index is 1.52. The summed E-state index contributed by atoms with van der Waals surface area (Å²) >= 11 is 0. The maximum absolute atomic E-state index is 12.5. The second kappa shape index (κ2) is 9.94. The zero-order chi connectivity index (χ0) is 22.5. The maximum Gasteiger partial charge on any atom is 0.328 e. The van der Waals surface area contributed by atoms with Gasteiger partial charge < -0.3 is 9.47 Å².